The summed E-state index contributed by atoms with van der Waals surface area (Å²) >= 11 is 0. The van der Waals surface area contributed by atoms with Crippen molar-refractivity contribution in [2.24, 2.45) is 0 Å². The zero-order valence-corrected chi connectivity index (χ0v) is 11.9. The number of piperidine rings is 1. The van der Waals surface area contributed by atoms with E-state index in [1.54, 1.807) is 0 Å². The van der Waals surface area contributed by atoms with Crippen molar-refractivity contribution >= 4 is 11.4 Å². The van der Waals surface area contributed by atoms with Crippen molar-refractivity contribution in [1.82, 2.24) is 4.98 Å². The van der Waals surface area contributed by atoms with Crippen LogP contribution in [-0.2, 0) is 0 Å². The van der Waals surface area contributed by atoms with E-state index in [2.05, 4.69) is 57.7 Å². The second-order valence-electron chi connectivity index (χ2n) is 5.45. The molecular formula is C17H21N3. The van der Waals surface area contributed by atoms with Crippen LogP contribution in [-0.4, -0.2) is 24.1 Å². The Morgan fingerprint density at radius 2 is 2.05 bits per heavy atom. The summed E-state index contributed by atoms with van der Waals surface area (Å²) in [5.41, 5.74) is 3.59. The highest BCUT2D eigenvalue weighted by molar-refractivity contribution is 5.49. The summed E-state index contributed by atoms with van der Waals surface area (Å²) in [6.07, 6.45) is 4.36. The number of rotatable bonds is 3. The predicted molar refractivity (Wildman–Crippen MR) is 84.3 cm³/mol. The first kappa shape index (κ1) is 13.0. The quantitative estimate of drug-likeness (QED) is 0.923. The van der Waals surface area contributed by atoms with E-state index in [0.29, 0.717) is 6.04 Å². The molecule has 1 aromatic carbocycles. The van der Waals surface area contributed by atoms with Gasteiger partial charge in [-0.05, 0) is 44.0 Å². The number of aryl methyl sites for hydroxylation is 1. The summed E-state index contributed by atoms with van der Waals surface area (Å²) in [5, 5.41) is 3.64. The number of anilines is 2. The molecule has 1 fully saturated rings. The van der Waals surface area contributed by atoms with Crippen molar-refractivity contribution in [2.75, 3.05) is 23.3 Å². The van der Waals surface area contributed by atoms with Crippen LogP contribution in [0, 0.1) is 6.92 Å². The molecule has 1 aliphatic heterocycles. The van der Waals surface area contributed by atoms with Gasteiger partial charge in [-0.3, -0.25) is 4.98 Å². The van der Waals surface area contributed by atoms with Crippen LogP contribution in [0.2, 0.25) is 0 Å². The Bertz CT molecular complexity index is 553. The number of pyridine rings is 1. The first-order valence-electron chi connectivity index (χ1n) is 7.30. The smallest absolute Gasteiger partial charge is 0.0437 e. The van der Waals surface area contributed by atoms with E-state index in [0.717, 1.165) is 18.8 Å². The summed E-state index contributed by atoms with van der Waals surface area (Å²) < 4.78 is 0. The van der Waals surface area contributed by atoms with Crippen molar-refractivity contribution in [1.29, 1.82) is 0 Å². The fourth-order valence-electron chi connectivity index (χ4n) is 2.83. The maximum absolute atomic E-state index is 4.28. The normalized spacial score (nSPS) is 18.9. The molecule has 1 atom stereocenters. The summed E-state index contributed by atoms with van der Waals surface area (Å²) in [5.74, 6) is 0. The fourth-order valence-corrected chi connectivity index (χ4v) is 2.83. The molecule has 1 aliphatic rings. The molecule has 104 valence electrons. The van der Waals surface area contributed by atoms with Gasteiger partial charge in [-0.2, -0.15) is 0 Å². The molecule has 2 aromatic rings. The van der Waals surface area contributed by atoms with E-state index in [4.69, 9.17) is 0 Å². The van der Waals surface area contributed by atoms with E-state index < -0.39 is 0 Å². The van der Waals surface area contributed by atoms with Gasteiger partial charge in [-0.15, -0.1) is 0 Å². The fraction of sp³-hybridized carbons (Fsp3) is 0.353. The third-order valence-corrected chi connectivity index (χ3v) is 3.81. The SMILES string of the molecule is Cc1cc(N2CCCC(Nc3ccccc3)C2)ccn1. The molecule has 1 saturated heterocycles. The predicted octanol–water partition coefficient (Wildman–Crippen LogP) is 3.47. The molecular weight excluding hydrogens is 246 g/mol. The monoisotopic (exact) mass is 267 g/mol. The summed E-state index contributed by atoms with van der Waals surface area (Å²) in [6, 6.07) is 15.3. The van der Waals surface area contributed by atoms with E-state index in [-0.39, 0.29) is 0 Å². The van der Waals surface area contributed by atoms with Crippen LogP contribution in [0.15, 0.2) is 48.7 Å². The first-order chi connectivity index (χ1) is 9.81. The van der Waals surface area contributed by atoms with Crippen molar-refractivity contribution in [3.8, 4) is 0 Å². The summed E-state index contributed by atoms with van der Waals surface area (Å²) in [6.45, 7) is 4.24. The molecule has 3 nitrogen and oxygen atoms in total. The van der Waals surface area contributed by atoms with Gasteiger partial charge in [0.25, 0.3) is 0 Å². The number of hydrogen-bond acceptors (Lipinski definition) is 3. The Balaban J connectivity index is 1.67. The van der Waals surface area contributed by atoms with Crippen LogP contribution >= 0.6 is 0 Å². The van der Waals surface area contributed by atoms with Crippen molar-refractivity contribution in [3.05, 3.63) is 54.4 Å². The number of benzene rings is 1. The minimum Gasteiger partial charge on any atom is -0.381 e. The molecule has 1 N–H and O–H groups in total. The Morgan fingerprint density at radius 1 is 1.20 bits per heavy atom. The number of aromatic nitrogens is 1. The lowest BCUT2D eigenvalue weighted by Gasteiger charge is -2.35. The van der Waals surface area contributed by atoms with Crippen molar-refractivity contribution in [3.63, 3.8) is 0 Å². The van der Waals surface area contributed by atoms with Crippen molar-refractivity contribution < 1.29 is 0 Å². The maximum Gasteiger partial charge on any atom is 0.0437 e. The zero-order chi connectivity index (χ0) is 13.8. The van der Waals surface area contributed by atoms with E-state index in [9.17, 15) is 0 Å². The second-order valence-corrected chi connectivity index (χ2v) is 5.45. The van der Waals surface area contributed by atoms with Gasteiger partial charge >= 0.3 is 0 Å². The van der Waals surface area contributed by atoms with Gasteiger partial charge in [-0.25, -0.2) is 0 Å². The molecule has 1 aromatic heterocycles. The lowest BCUT2D eigenvalue weighted by Crippen LogP contribution is -2.42. The lowest BCUT2D eigenvalue weighted by molar-refractivity contribution is 0.530. The summed E-state index contributed by atoms with van der Waals surface area (Å²) in [7, 11) is 0. The Hall–Kier alpha value is -2.03. The number of para-hydroxylation sites is 1. The standard InChI is InChI=1S/C17H21N3/c1-14-12-17(9-10-18-14)20-11-5-8-16(13-20)19-15-6-3-2-4-7-15/h2-4,6-7,9-10,12,16,19H,5,8,11,13H2,1H3. The number of hydrogen-bond donors (Lipinski definition) is 1. The van der Waals surface area contributed by atoms with Gasteiger partial charge < -0.3 is 10.2 Å². The molecule has 0 amide bonds. The van der Waals surface area contributed by atoms with Crippen LogP contribution in [0.1, 0.15) is 18.5 Å². The summed E-state index contributed by atoms with van der Waals surface area (Å²) in [4.78, 5) is 6.74. The third kappa shape index (κ3) is 3.10. The molecule has 0 bridgehead atoms. The van der Waals surface area contributed by atoms with E-state index in [1.807, 2.05) is 13.1 Å². The minimum absolute atomic E-state index is 0.514. The third-order valence-electron chi connectivity index (χ3n) is 3.81. The Kier molecular flexibility index (Phi) is 3.86. The average Bonchev–Trinajstić information content (AvgIpc) is 2.49. The van der Waals surface area contributed by atoms with Crippen LogP contribution in [0.4, 0.5) is 11.4 Å². The molecule has 0 aliphatic carbocycles. The van der Waals surface area contributed by atoms with Crippen molar-refractivity contribution in [2.45, 2.75) is 25.8 Å². The highest BCUT2D eigenvalue weighted by atomic mass is 15.2. The van der Waals surface area contributed by atoms with Gasteiger partial charge in [-0.1, -0.05) is 18.2 Å². The van der Waals surface area contributed by atoms with Gasteiger partial charge in [0.05, 0.1) is 0 Å². The van der Waals surface area contributed by atoms with E-state index in [1.165, 1.54) is 24.2 Å². The van der Waals surface area contributed by atoms with Gasteiger partial charge in [0, 0.05) is 42.4 Å². The molecule has 0 saturated carbocycles. The topological polar surface area (TPSA) is 28.2 Å². The van der Waals surface area contributed by atoms with Gasteiger partial charge in [0.2, 0.25) is 0 Å². The van der Waals surface area contributed by atoms with Gasteiger partial charge in [0.1, 0.15) is 0 Å². The highest BCUT2D eigenvalue weighted by Crippen LogP contribution is 2.22. The Labute approximate surface area is 120 Å². The largest absolute Gasteiger partial charge is 0.381 e. The van der Waals surface area contributed by atoms with Crippen LogP contribution in [0.25, 0.3) is 0 Å². The maximum atomic E-state index is 4.28. The number of nitrogens with zero attached hydrogens (tertiary/aromatic N) is 2. The second kappa shape index (κ2) is 5.95. The van der Waals surface area contributed by atoms with Crippen LogP contribution in [0.5, 0.6) is 0 Å². The molecule has 20 heavy (non-hydrogen) atoms. The Morgan fingerprint density at radius 3 is 2.85 bits per heavy atom. The molecule has 0 spiro atoms. The molecule has 3 rings (SSSR count). The lowest BCUT2D eigenvalue weighted by atomic mass is 10.0. The van der Waals surface area contributed by atoms with Gasteiger partial charge in [0.15, 0.2) is 0 Å². The molecule has 1 unspecified atom stereocenters. The molecule has 2 heterocycles. The van der Waals surface area contributed by atoms with Crippen LogP contribution in [0.3, 0.4) is 0 Å². The molecule has 3 heteroatoms. The minimum atomic E-state index is 0.514. The first-order valence-corrected chi connectivity index (χ1v) is 7.30. The number of nitrogens with one attached hydrogen (secondary N) is 1. The highest BCUT2D eigenvalue weighted by Gasteiger charge is 2.20. The molecule has 0 radical (unpaired) electrons. The zero-order valence-electron chi connectivity index (χ0n) is 11.9. The van der Waals surface area contributed by atoms with Crippen LogP contribution < -0.4 is 10.2 Å². The average molecular weight is 267 g/mol. The van der Waals surface area contributed by atoms with E-state index >= 15 is 0 Å².